The largest absolute Gasteiger partial charge is 0.493 e. The van der Waals surface area contributed by atoms with E-state index in [0.29, 0.717) is 12.4 Å². The first kappa shape index (κ1) is 20.6. The van der Waals surface area contributed by atoms with Gasteiger partial charge in [-0.15, -0.1) is 0 Å². The SMILES string of the molecule is CCCCCOc1ccc(C(C)NC(=O)C2CCCC(N)C2)cc1OC. The molecule has 5 heteroatoms. The van der Waals surface area contributed by atoms with Crippen LogP contribution in [0.3, 0.4) is 0 Å². The van der Waals surface area contributed by atoms with E-state index >= 15 is 0 Å². The quantitative estimate of drug-likeness (QED) is 0.652. The molecule has 1 aromatic rings. The zero-order valence-corrected chi connectivity index (χ0v) is 16.4. The Morgan fingerprint density at radius 1 is 1.31 bits per heavy atom. The van der Waals surface area contributed by atoms with Gasteiger partial charge < -0.3 is 20.5 Å². The van der Waals surface area contributed by atoms with E-state index in [0.717, 1.165) is 49.8 Å². The Labute approximate surface area is 157 Å². The Balaban J connectivity index is 1.95. The van der Waals surface area contributed by atoms with E-state index in [-0.39, 0.29) is 23.9 Å². The summed E-state index contributed by atoms with van der Waals surface area (Å²) in [6.45, 7) is 4.86. The summed E-state index contributed by atoms with van der Waals surface area (Å²) >= 11 is 0. The van der Waals surface area contributed by atoms with Crippen molar-refractivity contribution in [1.82, 2.24) is 5.32 Å². The first-order chi connectivity index (χ1) is 12.5. The first-order valence-corrected chi connectivity index (χ1v) is 9.91. The van der Waals surface area contributed by atoms with Gasteiger partial charge in [0, 0.05) is 12.0 Å². The zero-order chi connectivity index (χ0) is 18.9. The number of rotatable bonds is 9. The highest BCUT2D eigenvalue weighted by Gasteiger charge is 2.26. The van der Waals surface area contributed by atoms with Crippen LogP contribution >= 0.6 is 0 Å². The van der Waals surface area contributed by atoms with Crippen molar-refractivity contribution >= 4 is 5.91 Å². The third kappa shape index (κ3) is 5.90. The maximum absolute atomic E-state index is 12.5. The fourth-order valence-corrected chi connectivity index (χ4v) is 3.49. The predicted octanol–water partition coefficient (Wildman–Crippen LogP) is 3.96. The van der Waals surface area contributed by atoms with E-state index in [1.807, 2.05) is 25.1 Å². The number of carbonyl (C=O) groups excluding carboxylic acids is 1. The highest BCUT2D eigenvalue weighted by atomic mass is 16.5. The highest BCUT2D eigenvalue weighted by Crippen LogP contribution is 2.31. The van der Waals surface area contributed by atoms with Crippen molar-refractivity contribution in [2.24, 2.45) is 11.7 Å². The standard InChI is InChI=1S/C21H34N2O3/c1-4-5-6-12-26-19-11-10-16(14-20(19)25-3)15(2)23-21(24)17-8-7-9-18(22)13-17/h10-11,14-15,17-18H,4-9,12-13,22H2,1-3H3,(H,23,24). The number of methoxy groups -OCH3 is 1. The number of unbranched alkanes of at least 4 members (excludes halogenated alkanes) is 2. The van der Waals surface area contributed by atoms with Crippen LogP contribution in [0.5, 0.6) is 11.5 Å². The molecular weight excluding hydrogens is 328 g/mol. The molecule has 3 unspecified atom stereocenters. The van der Waals surface area contributed by atoms with Crippen LogP contribution in [0.1, 0.15) is 70.4 Å². The van der Waals surface area contributed by atoms with Crippen molar-refractivity contribution in [1.29, 1.82) is 0 Å². The van der Waals surface area contributed by atoms with Gasteiger partial charge in [-0.2, -0.15) is 0 Å². The molecule has 2 rings (SSSR count). The van der Waals surface area contributed by atoms with E-state index < -0.39 is 0 Å². The lowest BCUT2D eigenvalue weighted by molar-refractivity contribution is -0.126. The highest BCUT2D eigenvalue weighted by molar-refractivity contribution is 5.79. The second kappa shape index (κ2) is 10.4. The van der Waals surface area contributed by atoms with Gasteiger partial charge in [0.05, 0.1) is 19.8 Å². The maximum atomic E-state index is 12.5. The Hall–Kier alpha value is -1.75. The first-order valence-electron chi connectivity index (χ1n) is 9.91. The van der Waals surface area contributed by atoms with Gasteiger partial charge in [0.15, 0.2) is 11.5 Å². The molecule has 1 fully saturated rings. The molecule has 146 valence electrons. The number of benzene rings is 1. The van der Waals surface area contributed by atoms with Crippen LogP contribution in [-0.4, -0.2) is 25.7 Å². The average molecular weight is 363 g/mol. The smallest absolute Gasteiger partial charge is 0.223 e. The summed E-state index contributed by atoms with van der Waals surface area (Å²) in [5.74, 6) is 1.60. The molecule has 1 aliphatic carbocycles. The minimum absolute atomic E-state index is 0.0317. The fourth-order valence-electron chi connectivity index (χ4n) is 3.49. The number of ether oxygens (including phenoxy) is 2. The Bertz CT molecular complexity index is 576. The van der Waals surface area contributed by atoms with Gasteiger partial charge in [0.2, 0.25) is 5.91 Å². The Morgan fingerprint density at radius 3 is 2.81 bits per heavy atom. The molecule has 0 spiro atoms. The fraction of sp³-hybridized carbons (Fsp3) is 0.667. The summed E-state index contributed by atoms with van der Waals surface area (Å²) < 4.78 is 11.3. The number of nitrogens with one attached hydrogen (secondary N) is 1. The molecule has 0 aliphatic heterocycles. The molecule has 3 atom stereocenters. The summed E-state index contributed by atoms with van der Waals surface area (Å²) in [7, 11) is 1.64. The second-order valence-corrected chi connectivity index (χ2v) is 7.32. The molecular formula is C21H34N2O3. The van der Waals surface area contributed by atoms with Gasteiger partial charge in [-0.3, -0.25) is 4.79 Å². The number of amides is 1. The number of carbonyl (C=O) groups is 1. The molecule has 0 bridgehead atoms. The molecule has 26 heavy (non-hydrogen) atoms. The van der Waals surface area contributed by atoms with Gasteiger partial charge >= 0.3 is 0 Å². The molecule has 0 aromatic heterocycles. The average Bonchev–Trinajstić information content (AvgIpc) is 2.65. The van der Waals surface area contributed by atoms with Gasteiger partial charge in [-0.1, -0.05) is 32.3 Å². The van der Waals surface area contributed by atoms with Crippen LogP contribution in [0, 0.1) is 5.92 Å². The lowest BCUT2D eigenvalue weighted by Crippen LogP contribution is -2.38. The van der Waals surface area contributed by atoms with Crippen LogP contribution in [0.4, 0.5) is 0 Å². The van der Waals surface area contributed by atoms with Crippen molar-refractivity contribution in [3.05, 3.63) is 23.8 Å². The third-order valence-electron chi connectivity index (χ3n) is 5.14. The van der Waals surface area contributed by atoms with Gasteiger partial charge in [-0.05, 0) is 50.3 Å². The van der Waals surface area contributed by atoms with Gasteiger partial charge in [-0.25, -0.2) is 0 Å². The summed E-state index contributed by atoms with van der Waals surface area (Å²) in [5, 5.41) is 3.13. The maximum Gasteiger partial charge on any atom is 0.223 e. The summed E-state index contributed by atoms with van der Waals surface area (Å²) in [6.07, 6.45) is 7.14. The van der Waals surface area contributed by atoms with Crippen LogP contribution in [0.15, 0.2) is 18.2 Å². The van der Waals surface area contributed by atoms with Crippen molar-refractivity contribution in [2.45, 2.75) is 70.9 Å². The lowest BCUT2D eigenvalue weighted by Gasteiger charge is -2.27. The Morgan fingerprint density at radius 2 is 2.12 bits per heavy atom. The van der Waals surface area contributed by atoms with Crippen LogP contribution in [0.2, 0.25) is 0 Å². The molecule has 1 amide bonds. The minimum atomic E-state index is -0.0799. The number of hydrogen-bond donors (Lipinski definition) is 2. The van der Waals surface area contributed by atoms with Crippen molar-refractivity contribution < 1.29 is 14.3 Å². The number of nitrogens with two attached hydrogens (primary N) is 1. The van der Waals surface area contributed by atoms with Gasteiger partial charge in [0.25, 0.3) is 0 Å². The van der Waals surface area contributed by atoms with Crippen LogP contribution in [-0.2, 0) is 4.79 Å². The topological polar surface area (TPSA) is 73.6 Å². The second-order valence-electron chi connectivity index (χ2n) is 7.32. The van der Waals surface area contributed by atoms with E-state index in [1.165, 1.54) is 6.42 Å². The monoisotopic (exact) mass is 362 g/mol. The van der Waals surface area contributed by atoms with Crippen LogP contribution < -0.4 is 20.5 Å². The van der Waals surface area contributed by atoms with Crippen molar-refractivity contribution in [3.63, 3.8) is 0 Å². The molecule has 3 N–H and O–H groups in total. The lowest BCUT2D eigenvalue weighted by atomic mass is 9.85. The van der Waals surface area contributed by atoms with E-state index in [9.17, 15) is 4.79 Å². The van der Waals surface area contributed by atoms with E-state index in [4.69, 9.17) is 15.2 Å². The normalized spacial score (nSPS) is 21.1. The number of hydrogen-bond acceptors (Lipinski definition) is 4. The summed E-state index contributed by atoms with van der Waals surface area (Å²) in [6, 6.07) is 5.95. The minimum Gasteiger partial charge on any atom is -0.493 e. The van der Waals surface area contributed by atoms with Crippen molar-refractivity contribution in [2.75, 3.05) is 13.7 Å². The molecule has 1 aromatic carbocycles. The molecule has 5 nitrogen and oxygen atoms in total. The third-order valence-corrected chi connectivity index (χ3v) is 5.14. The van der Waals surface area contributed by atoms with Gasteiger partial charge in [0.1, 0.15) is 0 Å². The van der Waals surface area contributed by atoms with Crippen LogP contribution in [0.25, 0.3) is 0 Å². The van der Waals surface area contributed by atoms with E-state index in [2.05, 4.69) is 12.2 Å². The molecule has 0 heterocycles. The summed E-state index contributed by atoms with van der Waals surface area (Å²) in [5.41, 5.74) is 7.02. The molecule has 1 saturated carbocycles. The molecule has 0 radical (unpaired) electrons. The molecule has 0 saturated heterocycles. The predicted molar refractivity (Wildman–Crippen MR) is 105 cm³/mol. The molecule has 1 aliphatic rings. The zero-order valence-electron chi connectivity index (χ0n) is 16.4. The Kier molecular flexibility index (Phi) is 8.23. The summed E-state index contributed by atoms with van der Waals surface area (Å²) in [4.78, 5) is 12.5. The van der Waals surface area contributed by atoms with E-state index in [1.54, 1.807) is 7.11 Å². The van der Waals surface area contributed by atoms with Crippen molar-refractivity contribution in [3.8, 4) is 11.5 Å².